The molecular formula is C15H19N3O2. The average Bonchev–Trinajstić information content (AvgIpc) is 3.25. The van der Waals surface area contributed by atoms with Gasteiger partial charge in [-0.15, -0.1) is 0 Å². The first-order valence-electron chi connectivity index (χ1n) is 7.11. The molecule has 2 N–H and O–H groups in total. The van der Waals surface area contributed by atoms with Crippen molar-refractivity contribution in [3.05, 3.63) is 24.3 Å². The van der Waals surface area contributed by atoms with Crippen LogP contribution in [-0.2, 0) is 4.79 Å². The molecule has 0 bridgehead atoms. The molecule has 20 heavy (non-hydrogen) atoms. The minimum atomic E-state index is -0.0942. The van der Waals surface area contributed by atoms with Crippen molar-refractivity contribution in [2.24, 2.45) is 0 Å². The Labute approximate surface area is 118 Å². The van der Waals surface area contributed by atoms with Gasteiger partial charge in [-0.2, -0.15) is 0 Å². The Kier molecular flexibility index (Phi) is 3.34. The molecule has 0 atom stereocenters. The van der Waals surface area contributed by atoms with Gasteiger partial charge in [-0.25, -0.2) is 4.79 Å². The van der Waals surface area contributed by atoms with Crippen molar-refractivity contribution in [2.45, 2.75) is 44.7 Å². The molecule has 106 valence electrons. The van der Waals surface area contributed by atoms with Gasteiger partial charge < -0.3 is 10.6 Å². The van der Waals surface area contributed by atoms with Crippen LogP contribution < -0.4 is 15.5 Å². The number of nitrogens with one attached hydrogen (secondary N) is 2. The lowest BCUT2D eigenvalue weighted by Gasteiger charge is -2.23. The zero-order chi connectivity index (χ0) is 14.1. The number of benzene rings is 1. The average molecular weight is 273 g/mol. The summed E-state index contributed by atoms with van der Waals surface area (Å²) in [5, 5.41) is 5.77. The SMILES string of the molecule is CC(=O)Nc1ccc(N(C(=O)NC2CC2)C2CC2)cc1. The lowest BCUT2D eigenvalue weighted by molar-refractivity contribution is -0.114. The van der Waals surface area contributed by atoms with Gasteiger partial charge in [0.1, 0.15) is 0 Å². The normalized spacial score (nSPS) is 17.4. The van der Waals surface area contributed by atoms with Gasteiger partial charge in [0.25, 0.3) is 0 Å². The molecule has 0 spiro atoms. The molecule has 2 aliphatic rings. The molecule has 0 unspecified atom stereocenters. The number of hydrogen-bond donors (Lipinski definition) is 2. The van der Waals surface area contributed by atoms with Crippen molar-refractivity contribution >= 4 is 23.3 Å². The third kappa shape index (κ3) is 3.10. The quantitative estimate of drug-likeness (QED) is 0.885. The fourth-order valence-electron chi connectivity index (χ4n) is 2.21. The summed E-state index contributed by atoms with van der Waals surface area (Å²) in [5.41, 5.74) is 1.64. The lowest BCUT2D eigenvalue weighted by Crippen LogP contribution is -2.42. The van der Waals surface area contributed by atoms with Crippen molar-refractivity contribution in [2.75, 3.05) is 10.2 Å². The Balaban J connectivity index is 1.73. The van der Waals surface area contributed by atoms with Gasteiger partial charge in [-0.3, -0.25) is 9.69 Å². The maximum atomic E-state index is 12.3. The number of carbonyl (C=O) groups excluding carboxylic acids is 2. The van der Waals surface area contributed by atoms with E-state index < -0.39 is 0 Å². The van der Waals surface area contributed by atoms with E-state index in [9.17, 15) is 9.59 Å². The van der Waals surface area contributed by atoms with Crippen molar-refractivity contribution in [3.8, 4) is 0 Å². The predicted molar refractivity (Wildman–Crippen MR) is 77.8 cm³/mol. The minimum absolute atomic E-state index is 0.00211. The van der Waals surface area contributed by atoms with Crippen LogP contribution in [0.4, 0.5) is 16.2 Å². The van der Waals surface area contributed by atoms with Crippen LogP contribution in [0.15, 0.2) is 24.3 Å². The molecule has 1 aromatic carbocycles. The number of rotatable bonds is 4. The summed E-state index contributed by atoms with van der Waals surface area (Å²) in [6, 6.07) is 8.11. The third-order valence-electron chi connectivity index (χ3n) is 3.50. The fourth-order valence-corrected chi connectivity index (χ4v) is 2.21. The number of anilines is 2. The van der Waals surface area contributed by atoms with Crippen molar-refractivity contribution < 1.29 is 9.59 Å². The zero-order valence-electron chi connectivity index (χ0n) is 11.6. The molecule has 0 radical (unpaired) electrons. The molecule has 5 nitrogen and oxygen atoms in total. The second-order valence-electron chi connectivity index (χ2n) is 5.55. The molecule has 2 saturated carbocycles. The summed E-state index contributed by atoms with van der Waals surface area (Å²) < 4.78 is 0. The largest absolute Gasteiger partial charge is 0.335 e. The van der Waals surface area contributed by atoms with Gasteiger partial charge in [0, 0.05) is 30.4 Å². The molecule has 3 rings (SSSR count). The number of urea groups is 1. The number of hydrogen-bond acceptors (Lipinski definition) is 2. The van der Waals surface area contributed by atoms with Gasteiger partial charge in [-0.1, -0.05) is 0 Å². The maximum absolute atomic E-state index is 12.3. The zero-order valence-corrected chi connectivity index (χ0v) is 11.6. The van der Waals surface area contributed by atoms with E-state index in [1.54, 1.807) is 0 Å². The van der Waals surface area contributed by atoms with Gasteiger partial charge in [-0.05, 0) is 49.9 Å². The summed E-state index contributed by atoms with van der Waals surface area (Å²) in [6.45, 7) is 1.48. The van der Waals surface area contributed by atoms with Crippen LogP contribution in [0.5, 0.6) is 0 Å². The molecule has 2 aliphatic carbocycles. The van der Waals surface area contributed by atoms with E-state index in [4.69, 9.17) is 0 Å². The van der Waals surface area contributed by atoms with Gasteiger partial charge in [0.15, 0.2) is 0 Å². The lowest BCUT2D eigenvalue weighted by atomic mass is 10.2. The number of carbonyl (C=O) groups is 2. The molecule has 2 fully saturated rings. The molecule has 0 saturated heterocycles. The molecule has 3 amide bonds. The first kappa shape index (κ1) is 13.0. The standard InChI is InChI=1S/C15H19N3O2/c1-10(19)16-11-4-6-13(7-5-11)18(14-8-9-14)15(20)17-12-2-3-12/h4-7,12,14H,2-3,8-9H2,1H3,(H,16,19)(H,17,20). The van der Waals surface area contributed by atoms with E-state index >= 15 is 0 Å². The summed E-state index contributed by atoms with van der Waals surface area (Å²) in [4.78, 5) is 25.1. The molecule has 5 heteroatoms. The first-order chi connectivity index (χ1) is 9.63. The highest BCUT2D eigenvalue weighted by atomic mass is 16.2. The van der Waals surface area contributed by atoms with Crippen molar-refractivity contribution in [3.63, 3.8) is 0 Å². The highest BCUT2D eigenvalue weighted by Gasteiger charge is 2.35. The van der Waals surface area contributed by atoms with Gasteiger partial charge >= 0.3 is 6.03 Å². The van der Waals surface area contributed by atoms with Crippen LogP contribution in [0, 0.1) is 0 Å². The molecule has 0 heterocycles. The Bertz CT molecular complexity index is 518. The molecular weight excluding hydrogens is 254 g/mol. The number of amides is 3. The second-order valence-corrected chi connectivity index (χ2v) is 5.55. The maximum Gasteiger partial charge on any atom is 0.322 e. The van der Waals surface area contributed by atoms with Crippen LogP contribution in [-0.4, -0.2) is 24.0 Å². The second kappa shape index (κ2) is 5.15. The Morgan fingerprint density at radius 2 is 1.75 bits per heavy atom. The minimum Gasteiger partial charge on any atom is -0.335 e. The predicted octanol–water partition coefficient (Wildman–Crippen LogP) is 2.49. The highest BCUT2D eigenvalue weighted by molar-refractivity contribution is 5.94. The topological polar surface area (TPSA) is 61.4 Å². The number of nitrogens with zero attached hydrogens (tertiary/aromatic N) is 1. The Hall–Kier alpha value is -2.04. The summed E-state index contributed by atoms with van der Waals surface area (Å²) >= 11 is 0. The summed E-state index contributed by atoms with van der Waals surface area (Å²) in [5.74, 6) is -0.0942. The van der Waals surface area contributed by atoms with E-state index in [2.05, 4.69) is 10.6 Å². The van der Waals surface area contributed by atoms with E-state index in [0.717, 1.165) is 37.1 Å². The first-order valence-corrected chi connectivity index (χ1v) is 7.11. The van der Waals surface area contributed by atoms with Crippen LogP contribution in [0.25, 0.3) is 0 Å². The van der Waals surface area contributed by atoms with Gasteiger partial charge in [0.05, 0.1) is 0 Å². The van der Waals surface area contributed by atoms with E-state index in [0.29, 0.717) is 12.1 Å². The molecule has 1 aromatic rings. The van der Waals surface area contributed by atoms with Crippen LogP contribution in [0.1, 0.15) is 32.6 Å². The fraction of sp³-hybridized carbons (Fsp3) is 0.467. The highest BCUT2D eigenvalue weighted by Crippen LogP contribution is 2.33. The van der Waals surface area contributed by atoms with E-state index in [1.165, 1.54) is 6.92 Å². The van der Waals surface area contributed by atoms with Gasteiger partial charge in [0.2, 0.25) is 5.91 Å². The Morgan fingerprint density at radius 1 is 1.10 bits per heavy atom. The monoisotopic (exact) mass is 273 g/mol. The van der Waals surface area contributed by atoms with Crippen LogP contribution in [0.2, 0.25) is 0 Å². The van der Waals surface area contributed by atoms with Crippen LogP contribution in [0.3, 0.4) is 0 Å². The van der Waals surface area contributed by atoms with Crippen LogP contribution >= 0.6 is 0 Å². The third-order valence-corrected chi connectivity index (χ3v) is 3.50. The van der Waals surface area contributed by atoms with E-state index in [-0.39, 0.29) is 11.9 Å². The molecule has 0 aliphatic heterocycles. The molecule has 0 aromatic heterocycles. The Morgan fingerprint density at radius 3 is 2.25 bits per heavy atom. The summed E-state index contributed by atoms with van der Waals surface area (Å²) in [6.07, 6.45) is 4.30. The van der Waals surface area contributed by atoms with E-state index in [1.807, 2.05) is 29.2 Å². The summed E-state index contributed by atoms with van der Waals surface area (Å²) in [7, 11) is 0. The van der Waals surface area contributed by atoms with Crippen molar-refractivity contribution in [1.29, 1.82) is 0 Å². The van der Waals surface area contributed by atoms with Crippen molar-refractivity contribution in [1.82, 2.24) is 5.32 Å². The smallest absolute Gasteiger partial charge is 0.322 e.